The number of nitrogens with zero attached hydrogens (tertiary/aromatic N) is 2. The number of rotatable bonds is 9. The number of guanidine groups is 1. The van der Waals surface area contributed by atoms with Crippen LogP contribution in [0.15, 0.2) is 53.5 Å². The van der Waals surface area contributed by atoms with Crippen LogP contribution in [0.2, 0.25) is 0 Å². The number of halogens is 2. The van der Waals surface area contributed by atoms with Crippen molar-refractivity contribution in [3.63, 3.8) is 0 Å². The van der Waals surface area contributed by atoms with Crippen LogP contribution in [0.1, 0.15) is 25.3 Å². The first-order valence-electron chi connectivity index (χ1n) is 11.0. The molecule has 1 heterocycles. The summed E-state index contributed by atoms with van der Waals surface area (Å²) in [4.78, 5) is 6.99. The van der Waals surface area contributed by atoms with E-state index in [1.165, 1.54) is 7.11 Å². The van der Waals surface area contributed by atoms with Crippen LogP contribution in [-0.2, 0) is 6.42 Å². The van der Waals surface area contributed by atoms with Crippen LogP contribution in [0, 0.1) is 0 Å². The Labute approximate surface area is 188 Å². The first-order valence-corrected chi connectivity index (χ1v) is 11.0. The van der Waals surface area contributed by atoms with E-state index in [-0.39, 0.29) is 17.6 Å². The molecule has 0 aromatic heterocycles. The van der Waals surface area contributed by atoms with Gasteiger partial charge in [0.25, 0.3) is 0 Å². The van der Waals surface area contributed by atoms with Gasteiger partial charge >= 0.3 is 6.61 Å². The Hall–Kier alpha value is -3.03. The first kappa shape index (κ1) is 23.6. The largest absolute Gasteiger partial charge is 0.493 e. The molecule has 0 bridgehead atoms. The maximum absolute atomic E-state index is 12.6. The first-order chi connectivity index (χ1) is 15.6. The smallest absolute Gasteiger partial charge is 0.387 e. The third kappa shape index (κ3) is 7.00. The molecule has 0 spiro atoms. The van der Waals surface area contributed by atoms with Gasteiger partial charge in [0, 0.05) is 39.0 Å². The molecule has 2 aromatic rings. The quantitative estimate of drug-likeness (QED) is 0.458. The molecule has 0 aliphatic carbocycles. The lowest BCUT2D eigenvalue weighted by Gasteiger charge is -2.34. The van der Waals surface area contributed by atoms with E-state index in [9.17, 15) is 8.78 Å². The maximum Gasteiger partial charge on any atom is 0.387 e. The van der Waals surface area contributed by atoms with E-state index in [1.54, 1.807) is 12.1 Å². The number of para-hydroxylation sites is 1. The van der Waals surface area contributed by atoms with Gasteiger partial charge < -0.3 is 24.4 Å². The fourth-order valence-electron chi connectivity index (χ4n) is 3.66. The van der Waals surface area contributed by atoms with E-state index in [1.807, 2.05) is 43.3 Å². The van der Waals surface area contributed by atoms with E-state index >= 15 is 0 Å². The summed E-state index contributed by atoms with van der Waals surface area (Å²) in [6.07, 6.45) is 2.65. The Balaban J connectivity index is 1.55. The Morgan fingerprint density at radius 1 is 1.12 bits per heavy atom. The topological polar surface area (TPSA) is 55.3 Å². The van der Waals surface area contributed by atoms with E-state index < -0.39 is 6.61 Å². The summed E-state index contributed by atoms with van der Waals surface area (Å²) < 4.78 is 41.0. The monoisotopic (exact) mass is 447 g/mol. The highest BCUT2D eigenvalue weighted by molar-refractivity contribution is 5.80. The third-order valence-corrected chi connectivity index (χ3v) is 5.23. The summed E-state index contributed by atoms with van der Waals surface area (Å²) >= 11 is 0. The van der Waals surface area contributed by atoms with Gasteiger partial charge in [0.05, 0.1) is 7.11 Å². The molecule has 1 saturated heterocycles. The van der Waals surface area contributed by atoms with Gasteiger partial charge in [0.1, 0.15) is 11.9 Å². The van der Waals surface area contributed by atoms with Crippen molar-refractivity contribution in [1.82, 2.24) is 10.2 Å². The lowest BCUT2D eigenvalue weighted by molar-refractivity contribution is -0.0512. The van der Waals surface area contributed by atoms with E-state index in [0.717, 1.165) is 49.7 Å². The number of alkyl halides is 2. The minimum absolute atomic E-state index is 0.0383. The van der Waals surface area contributed by atoms with Crippen molar-refractivity contribution >= 4 is 5.96 Å². The molecule has 1 fully saturated rings. The van der Waals surface area contributed by atoms with Crippen LogP contribution >= 0.6 is 0 Å². The summed E-state index contributed by atoms with van der Waals surface area (Å²) in [5, 5.41) is 3.35. The van der Waals surface area contributed by atoms with Gasteiger partial charge in [-0.3, -0.25) is 4.99 Å². The molecule has 8 heteroatoms. The number of hydrogen-bond donors (Lipinski definition) is 1. The van der Waals surface area contributed by atoms with Crippen LogP contribution < -0.4 is 19.5 Å². The van der Waals surface area contributed by atoms with E-state index in [4.69, 9.17) is 14.5 Å². The van der Waals surface area contributed by atoms with Crippen molar-refractivity contribution in [1.29, 1.82) is 0 Å². The molecule has 2 aromatic carbocycles. The molecule has 0 saturated carbocycles. The standard InChI is InChI=1S/C24H31F2N3O3/c1-3-27-24(29-15-12-20(13-16-29)31-19-7-5-4-6-8-19)28-14-11-18-9-10-21(30-2)22(17-18)32-23(25)26/h4-10,17,20,23H,3,11-16H2,1-2H3,(H,27,28). The summed E-state index contributed by atoms with van der Waals surface area (Å²) in [7, 11) is 1.42. The zero-order valence-electron chi connectivity index (χ0n) is 18.6. The molecule has 6 nitrogen and oxygen atoms in total. The summed E-state index contributed by atoms with van der Waals surface area (Å²) in [6, 6.07) is 15.0. The molecular weight excluding hydrogens is 416 g/mol. The number of benzene rings is 2. The van der Waals surface area contributed by atoms with E-state index in [2.05, 4.69) is 15.0 Å². The fourth-order valence-corrected chi connectivity index (χ4v) is 3.66. The van der Waals surface area contributed by atoms with Crippen LogP contribution in [0.25, 0.3) is 0 Å². The number of nitrogens with one attached hydrogen (secondary N) is 1. The number of aliphatic imine (C=N–C) groups is 1. The second-order valence-corrected chi connectivity index (χ2v) is 7.47. The predicted molar refractivity (Wildman–Crippen MR) is 121 cm³/mol. The maximum atomic E-state index is 12.6. The Bertz CT molecular complexity index is 857. The summed E-state index contributed by atoms with van der Waals surface area (Å²) in [5.41, 5.74) is 0.857. The van der Waals surface area contributed by atoms with Crippen LogP contribution in [0.5, 0.6) is 17.2 Å². The Kier molecular flexibility index (Phi) is 8.95. The van der Waals surface area contributed by atoms with Crippen molar-refractivity contribution in [3.8, 4) is 17.2 Å². The number of ether oxygens (including phenoxy) is 3. The highest BCUT2D eigenvalue weighted by Crippen LogP contribution is 2.29. The Morgan fingerprint density at radius 2 is 1.88 bits per heavy atom. The molecule has 1 N–H and O–H groups in total. The summed E-state index contributed by atoms with van der Waals surface area (Å²) in [6.45, 7) is 2.16. The summed E-state index contributed by atoms with van der Waals surface area (Å²) in [5.74, 6) is 2.09. The molecule has 1 aliphatic heterocycles. The highest BCUT2D eigenvalue weighted by Gasteiger charge is 2.22. The lowest BCUT2D eigenvalue weighted by Crippen LogP contribution is -2.47. The highest BCUT2D eigenvalue weighted by atomic mass is 19.3. The SMILES string of the molecule is CCNC(=NCCc1ccc(OC)c(OC(F)F)c1)N1CCC(Oc2ccccc2)CC1. The van der Waals surface area contributed by atoms with Crippen LogP contribution in [0.4, 0.5) is 8.78 Å². The van der Waals surface area contributed by atoms with Crippen molar-refractivity contribution in [3.05, 3.63) is 54.1 Å². The Morgan fingerprint density at radius 3 is 2.53 bits per heavy atom. The van der Waals surface area contributed by atoms with Crippen molar-refractivity contribution in [2.24, 2.45) is 4.99 Å². The molecule has 32 heavy (non-hydrogen) atoms. The third-order valence-electron chi connectivity index (χ3n) is 5.23. The van der Waals surface area contributed by atoms with Gasteiger partial charge in [-0.25, -0.2) is 0 Å². The van der Waals surface area contributed by atoms with Gasteiger partial charge in [0.15, 0.2) is 17.5 Å². The lowest BCUT2D eigenvalue weighted by atomic mass is 10.1. The number of piperidine rings is 1. The molecule has 1 aliphatic rings. The van der Waals surface area contributed by atoms with Gasteiger partial charge in [-0.2, -0.15) is 8.78 Å². The zero-order valence-corrected chi connectivity index (χ0v) is 18.6. The van der Waals surface area contributed by atoms with Crippen molar-refractivity contribution in [2.45, 2.75) is 38.9 Å². The number of likely N-dealkylation sites (tertiary alicyclic amines) is 1. The molecule has 0 atom stereocenters. The fraction of sp³-hybridized carbons (Fsp3) is 0.458. The molecule has 0 amide bonds. The van der Waals surface area contributed by atoms with Crippen LogP contribution in [0.3, 0.4) is 0 Å². The molecule has 0 radical (unpaired) electrons. The number of methoxy groups -OCH3 is 1. The van der Waals surface area contributed by atoms with Crippen molar-refractivity contribution in [2.75, 3.05) is 33.3 Å². The van der Waals surface area contributed by atoms with E-state index in [0.29, 0.717) is 13.0 Å². The van der Waals surface area contributed by atoms with Gasteiger partial charge in [0.2, 0.25) is 0 Å². The second kappa shape index (κ2) is 12.1. The average molecular weight is 448 g/mol. The molecule has 0 unspecified atom stereocenters. The minimum Gasteiger partial charge on any atom is -0.493 e. The minimum atomic E-state index is -2.90. The van der Waals surface area contributed by atoms with Crippen LogP contribution in [-0.4, -0.2) is 56.9 Å². The molecular formula is C24H31F2N3O3. The average Bonchev–Trinajstić information content (AvgIpc) is 2.80. The van der Waals surface area contributed by atoms with Gasteiger partial charge in [-0.15, -0.1) is 0 Å². The molecule has 174 valence electrons. The zero-order chi connectivity index (χ0) is 22.8. The second-order valence-electron chi connectivity index (χ2n) is 7.47. The molecule has 3 rings (SSSR count). The van der Waals surface area contributed by atoms with Gasteiger partial charge in [-0.1, -0.05) is 24.3 Å². The number of hydrogen-bond acceptors (Lipinski definition) is 4. The normalized spacial score (nSPS) is 15.0. The van der Waals surface area contributed by atoms with Gasteiger partial charge in [-0.05, 0) is 43.2 Å². The van der Waals surface area contributed by atoms with Crippen molar-refractivity contribution < 1.29 is 23.0 Å². The predicted octanol–water partition coefficient (Wildman–Crippen LogP) is 4.35.